The minimum atomic E-state index is -0.633. The van der Waals surface area contributed by atoms with Crippen molar-refractivity contribution < 1.29 is 14.3 Å². The number of carbonyl (C=O) groups is 2. The van der Waals surface area contributed by atoms with Gasteiger partial charge in [0.05, 0.1) is 13.2 Å². The molecule has 0 saturated carbocycles. The normalized spacial score (nSPS) is 11.6. The highest BCUT2D eigenvalue weighted by molar-refractivity contribution is 5.95. The number of hydrogen-bond donors (Lipinski definition) is 2. The molecule has 1 aromatic carbocycles. The molecule has 1 atom stereocenters. The van der Waals surface area contributed by atoms with Gasteiger partial charge in [0.1, 0.15) is 12.0 Å². The minimum Gasteiger partial charge on any atom is -0.464 e. The molecule has 0 aliphatic carbocycles. The molecule has 2 aromatic heterocycles. The van der Waals surface area contributed by atoms with Gasteiger partial charge in [-0.2, -0.15) is 5.21 Å². The number of carbonyl (C=O) groups excluding carboxylic acids is 2. The van der Waals surface area contributed by atoms with Crippen molar-refractivity contribution in [2.45, 2.75) is 13.0 Å². The van der Waals surface area contributed by atoms with E-state index in [-0.39, 0.29) is 17.4 Å². The zero-order chi connectivity index (χ0) is 18.5. The number of esters is 1. The average molecular weight is 353 g/mol. The molecule has 0 aliphatic rings. The number of ether oxygens (including phenoxy) is 1. The van der Waals surface area contributed by atoms with E-state index in [0.717, 1.165) is 17.5 Å². The molecule has 0 unspecified atom stereocenters. The van der Waals surface area contributed by atoms with Crippen LogP contribution in [0.3, 0.4) is 0 Å². The Bertz CT molecular complexity index is 910. The maximum absolute atomic E-state index is 12.4. The fourth-order valence-corrected chi connectivity index (χ4v) is 2.26. The van der Waals surface area contributed by atoms with Crippen molar-refractivity contribution in [3.63, 3.8) is 0 Å². The van der Waals surface area contributed by atoms with Gasteiger partial charge >= 0.3 is 5.97 Å². The van der Waals surface area contributed by atoms with Crippen LogP contribution in [0.5, 0.6) is 0 Å². The number of aromatic nitrogens is 6. The Kier molecular flexibility index (Phi) is 4.92. The number of H-pyrrole nitrogens is 1. The second-order valence-electron chi connectivity index (χ2n) is 5.33. The molecule has 3 aromatic rings. The third-order valence-electron chi connectivity index (χ3n) is 3.66. The zero-order valence-corrected chi connectivity index (χ0v) is 14.0. The van der Waals surface area contributed by atoms with Crippen LogP contribution in [0, 0.1) is 0 Å². The molecule has 26 heavy (non-hydrogen) atoms. The lowest BCUT2D eigenvalue weighted by Gasteiger charge is -2.14. The van der Waals surface area contributed by atoms with Crippen molar-refractivity contribution in [2.75, 3.05) is 7.11 Å². The maximum Gasteiger partial charge on any atom is 0.356 e. The average Bonchev–Trinajstić information content (AvgIpc) is 3.22. The Hall–Kier alpha value is -3.69. The maximum atomic E-state index is 12.4. The number of hydrogen-bond acceptors (Lipinski definition) is 8. The molecule has 10 nitrogen and oxygen atoms in total. The molecular formula is C16H15N7O3. The third kappa shape index (κ3) is 3.69. The minimum absolute atomic E-state index is 0.0183. The van der Waals surface area contributed by atoms with Crippen LogP contribution in [0.25, 0.3) is 11.4 Å². The topological polar surface area (TPSA) is 136 Å². The summed E-state index contributed by atoms with van der Waals surface area (Å²) in [5.41, 5.74) is 1.79. The summed E-state index contributed by atoms with van der Waals surface area (Å²) in [6, 6.07) is 8.39. The third-order valence-corrected chi connectivity index (χ3v) is 3.66. The SMILES string of the molecule is COC(=O)c1cc(C(=O)N[C@@H](C)c2ccc(-c3nn[nH]n3)cc2)ncn1. The van der Waals surface area contributed by atoms with Crippen LogP contribution in [0.1, 0.15) is 39.5 Å². The highest BCUT2D eigenvalue weighted by Crippen LogP contribution is 2.18. The Morgan fingerprint density at radius 2 is 1.88 bits per heavy atom. The molecule has 2 N–H and O–H groups in total. The van der Waals surface area contributed by atoms with Gasteiger partial charge in [-0.3, -0.25) is 4.79 Å². The Morgan fingerprint density at radius 3 is 2.54 bits per heavy atom. The van der Waals surface area contributed by atoms with Gasteiger partial charge in [0.25, 0.3) is 5.91 Å². The van der Waals surface area contributed by atoms with Gasteiger partial charge in [-0.1, -0.05) is 24.3 Å². The van der Waals surface area contributed by atoms with Crippen molar-refractivity contribution in [1.82, 2.24) is 35.9 Å². The van der Waals surface area contributed by atoms with Crippen molar-refractivity contribution in [3.05, 3.63) is 53.6 Å². The summed E-state index contributed by atoms with van der Waals surface area (Å²) in [6.45, 7) is 1.84. The number of tetrazole rings is 1. The summed E-state index contributed by atoms with van der Waals surface area (Å²) < 4.78 is 4.59. The van der Waals surface area contributed by atoms with E-state index in [4.69, 9.17) is 0 Å². The highest BCUT2D eigenvalue weighted by Gasteiger charge is 2.16. The summed E-state index contributed by atoms with van der Waals surface area (Å²) in [5.74, 6) is -0.566. The number of benzene rings is 1. The molecule has 132 valence electrons. The van der Waals surface area contributed by atoms with Crippen LogP contribution in [-0.2, 0) is 4.74 Å². The number of nitrogens with zero attached hydrogens (tertiary/aromatic N) is 5. The molecule has 1 amide bonds. The lowest BCUT2D eigenvalue weighted by atomic mass is 10.1. The first-order valence-corrected chi connectivity index (χ1v) is 7.63. The van der Waals surface area contributed by atoms with E-state index in [0.29, 0.717) is 5.82 Å². The molecule has 0 saturated heterocycles. The molecule has 0 radical (unpaired) electrons. The first kappa shape index (κ1) is 17.1. The van der Waals surface area contributed by atoms with E-state index in [2.05, 4.69) is 40.6 Å². The van der Waals surface area contributed by atoms with Crippen LogP contribution in [0.2, 0.25) is 0 Å². The molecule has 10 heteroatoms. The Labute approximate surface area is 148 Å². The summed E-state index contributed by atoms with van der Waals surface area (Å²) >= 11 is 0. The van der Waals surface area contributed by atoms with Crippen molar-refractivity contribution in [2.24, 2.45) is 0 Å². The monoisotopic (exact) mass is 353 g/mol. The number of methoxy groups -OCH3 is 1. The number of aromatic amines is 1. The van der Waals surface area contributed by atoms with Crippen molar-refractivity contribution in [1.29, 1.82) is 0 Å². The molecule has 0 fully saturated rings. The molecular weight excluding hydrogens is 338 g/mol. The second-order valence-corrected chi connectivity index (χ2v) is 5.33. The van der Waals surface area contributed by atoms with E-state index in [1.165, 1.54) is 13.2 Å². The van der Waals surface area contributed by atoms with Gasteiger partial charge in [0.15, 0.2) is 5.69 Å². The largest absolute Gasteiger partial charge is 0.464 e. The fraction of sp³-hybridized carbons (Fsp3) is 0.188. The molecule has 0 aliphatic heterocycles. The van der Waals surface area contributed by atoms with Gasteiger partial charge < -0.3 is 10.1 Å². The molecule has 0 bridgehead atoms. The van der Waals surface area contributed by atoms with E-state index in [1.54, 1.807) is 0 Å². The van der Waals surface area contributed by atoms with E-state index < -0.39 is 11.9 Å². The second kappa shape index (κ2) is 7.47. The zero-order valence-electron chi connectivity index (χ0n) is 14.0. The number of rotatable bonds is 5. The van der Waals surface area contributed by atoms with Crippen LogP contribution in [0.4, 0.5) is 0 Å². The Balaban J connectivity index is 1.70. The Morgan fingerprint density at radius 1 is 1.15 bits per heavy atom. The van der Waals surface area contributed by atoms with Gasteiger partial charge in [0, 0.05) is 11.6 Å². The summed E-state index contributed by atoms with van der Waals surface area (Å²) in [4.78, 5) is 31.5. The first-order chi connectivity index (χ1) is 12.6. The fourth-order valence-electron chi connectivity index (χ4n) is 2.26. The van der Waals surface area contributed by atoms with Crippen molar-refractivity contribution in [3.8, 4) is 11.4 Å². The molecule has 3 rings (SSSR count). The van der Waals surface area contributed by atoms with Crippen LogP contribution < -0.4 is 5.32 Å². The number of nitrogens with one attached hydrogen (secondary N) is 2. The van der Waals surface area contributed by atoms with Gasteiger partial charge in [-0.25, -0.2) is 14.8 Å². The summed E-state index contributed by atoms with van der Waals surface area (Å²) in [7, 11) is 1.24. The highest BCUT2D eigenvalue weighted by atomic mass is 16.5. The summed E-state index contributed by atoms with van der Waals surface area (Å²) in [6.07, 6.45) is 1.14. The number of amides is 1. The van der Waals surface area contributed by atoms with E-state index in [9.17, 15) is 9.59 Å². The van der Waals surface area contributed by atoms with Crippen LogP contribution in [0.15, 0.2) is 36.7 Å². The quantitative estimate of drug-likeness (QED) is 0.647. The molecule has 2 heterocycles. The van der Waals surface area contributed by atoms with Crippen LogP contribution >= 0.6 is 0 Å². The van der Waals surface area contributed by atoms with E-state index in [1.807, 2.05) is 31.2 Å². The van der Waals surface area contributed by atoms with Crippen LogP contribution in [-0.4, -0.2) is 49.6 Å². The lowest BCUT2D eigenvalue weighted by molar-refractivity contribution is 0.0593. The first-order valence-electron chi connectivity index (χ1n) is 7.63. The molecule has 0 spiro atoms. The lowest BCUT2D eigenvalue weighted by Crippen LogP contribution is -2.27. The smallest absolute Gasteiger partial charge is 0.356 e. The van der Waals surface area contributed by atoms with Crippen molar-refractivity contribution >= 4 is 11.9 Å². The van der Waals surface area contributed by atoms with Gasteiger partial charge in [-0.05, 0) is 17.7 Å². The standard InChI is InChI=1S/C16H15N7O3/c1-9(10-3-5-11(6-4-10)14-20-22-23-21-14)19-15(24)12-7-13(16(25)26-2)18-8-17-12/h3-9H,1-2H3,(H,19,24)(H,20,21,22,23)/t9-/m0/s1. The van der Waals surface area contributed by atoms with Gasteiger partial charge in [-0.15, -0.1) is 10.2 Å². The van der Waals surface area contributed by atoms with E-state index >= 15 is 0 Å². The predicted octanol–water partition coefficient (Wildman–Crippen LogP) is 0.934. The van der Waals surface area contributed by atoms with Gasteiger partial charge in [0.2, 0.25) is 5.82 Å². The predicted molar refractivity (Wildman–Crippen MR) is 88.9 cm³/mol. The summed E-state index contributed by atoms with van der Waals surface area (Å²) in [5, 5.41) is 16.5.